The van der Waals surface area contributed by atoms with Crippen LogP contribution in [-0.4, -0.2) is 61.5 Å². The fourth-order valence-corrected chi connectivity index (χ4v) is 8.65. The maximum absolute atomic E-state index is 13.1. The minimum Gasteiger partial charge on any atom is -1.00 e. The molecule has 0 amide bonds. The Bertz CT molecular complexity index is 3790. The molecule has 0 radical (unpaired) electrons. The van der Waals surface area contributed by atoms with E-state index in [0.29, 0.717) is 32.1 Å². The number of carboxylic acids is 1. The van der Waals surface area contributed by atoms with Crippen LogP contribution in [-0.2, 0) is 52.1 Å². The Morgan fingerprint density at radius 3 is 1.16 bits per heavy atom. The topological polar surface area (TPSA) is 193 Å². The van der Waals surface area contributed by atoms with Gasteiger partial charge in [0.1, 0.15) is 22.1 Å². The number of alkyl halides is 10. The third-order valence-electron chi connectivity index (χ3n) is 11.7. The van der Waals surface area contributed by atoms with E-state index in [0.717, 1.165) is 42.5 Å². The van der Waals surface area contributed by atoms with Gasteiger partial charge in [-0.25, -0.2) is 9.59 Å². The molecule has 0 fully saturated rings. The van der Waals surface area contributed by atoms with Gasteiger partial charge in [-0.2, -0.15) is 39.5 Å². The second kappa shape index (κ2) is 45.9. The number of benzene rings is 6. The summed E-state index contributed by atoms with van der Waals surface area (Å²) < 4.78 is 142. The van der Waals surface area contributed by atoms with Crippen molar-refractivity contribution in [3.05, 3.63) is 249 Å². The van der Waals surface area contributed by atoms with Crippen molar-refractivity contribution in [1.82, 2.24) is 13.7 Å². The van der Waals surface area contributed by atoms with E-state index in [-0.39, 0.29) is 195 Å². The van der Waals surface area contributed by atoms with Crippen molar-refractivity contribution in [1.29, 1.82) is 0 Å². The van der Waals surface area contributed by atoms with Gasteiger partial charge in [0, 0.05) is 63.4 Å². The molecule has 3 atom stereocenters. The third-order valence-corrected chi connectivity index (χ3v) is 13.3. The van der Waals surface area contributed by atoms with Crippen molar-refractivity contribution in [2.24, 2.45) is 0 Å². The van der Waals surface area contributed by atoms with Gasteiger partial charge >= 0.3 is 139 Å². The summed E-state index contributed by atoms with van der Waals surface area (Å²) in [6.45, 7) is 3.29. The predicted octanol–water partition coefficient (Wildman–Crippen LogP) is 13.5. The van der Waals surface area contributed by atoms with Crippen molar-refractivity contribution < 1.29 is 202 Å². The summed E-state index contributed by atoms with van der Waals surface area (Å²) in [4.78, 5) is 45.9. The summed E-state index contributed by atoms with van der Waals surface area (Å²) >= 11 is 20.9. The smallest absolute Gasteiger partial charge is 1.00 e. The van der Waals surface area contributed by atoms with Crippen LogP contribution in [0.1, 0.15) is 103 Å². The number of aliphatic carboxylic acids is 1. The van der Waals surface area contributed by atoms with Gasteiger partial charge in [-0.15, -0.1) is 0 Å². The Kier molecular flexibility index (Phi) is 45.3. The van der Waals surface area contributed by atoms with Crippen molar-refractivity contribution in [2.75, 3.05) is 13.2 Å². The van der Waals surface area contributed by atoms with E-state index in [1.54, 1.807) is 119 Å². The Balaban J connectivity index is -0.000000594. The molecule has 3 heterocycles. The number of ether oxygens (including phenoxy) is 4. The van der Waals surface area contributed by atoms with E-state index in [4.69, 9.17) is 63.8 Å². The van der Waals surface area contributed by atoms with Crippen LogP contribution in [0.4, 0.5) is 39.5 Å². The first-order valence-corrected chi connectivity index (χ1v) is 27.9. The summed E-state index contributed by atoms with van der Waals surface area (Å²) in [6.07, 6.45) is -5.94. The molecule has 97 heavy (non-hydrogen) atoms. The number of phenols is 1. The number of rotatable bonds is 16. The first kappa shape index (κ1) is 95.6. The molecule has 518 valence electrons. The van der Waals surface area contributed by atoms with E-state index in [1.807, 2.05) is 24.5 Å². The molecule has 0 saturated carbocycles. The zero-order chi connectivity index (χ0) is 66.3. The largest absolute Gasteiger partial charge is 1.00 e. The number of aromatic hydroxyl groups is 1. The molecule has 0 spiro atoms. The van der Waals surface area contributed by atoms with Gasteiger partial charge in [0.25, 0.3) is 6.47 Å². The molecule has 30 heteroatoms. The van der Waals surface area contributed by atoms with E-state index in [2.05, 4.69) is 20.8 Å². The molecule has 0 aliphatic heterocycles. The number of carboxylic acid groups (broad SMARTS) is 1. The Morgan fingerprint density at radius 1 is 0.505 bits per heavy atom. The Labute approximate surface area is 666 Å². The van der Waals surface area contributed by atoms with Crippen molar-refractivity contribution in [3.8, 4) is 34.3 Å². The van der Waals surface area contributed by atoms with Crippen molar-refractivity contribution >= 4 is 75.1 Å². The number of nitrogens with zero attached hydrogens (tertiary/aromatic N) is 3. The standard InChI is InChI=1S/C21H17ClF3NO3.C19H13ClF3NO3.C11H10BrF3O2.C10H8ClNO.CH2O3.5CH4.2K.H/c1-2-28-20(27)19(14-6-5-7-15(12-14)21(23,24)25)29-18-9-8-16(22)13-17(18)26-10-3-4-11-26;20-14-6-7-16(15(11-14)24-8-1-2-9-24)27-17(18(25)26)12-4-3-5-13(10-12)19(21,22)23;1-2-17-10(16)9(12)7-4-3-5-8(6-7)11(13,14)15;11-8-3-4-10(13)9(7-8)12-5-1-2-6-12;2-1-4-3;;;;;;;;/h3-13,19H,2H2,1H3;1-11,17H,(H,25,26);3-6,9H,2H2,1H3;1-7,13H;1,3H;5*1H4;;;/q;;;;;;;;;;2*+1;-1/p-1. The summed E-state index contributed by atoms with van der Waals surface area (Å²) in [5, 5.41) is 28.9. The second-order valence-electron chi connectivity index (χ2n) is 17.9. The number of carbonyl (C=O) groups is 4. The van der Waals surface area contributed by atoms with Crippen LogP contribution in [0, 0.1) is 0 Å². The number of hydrogen-bond donors (Lipinski definition) is 2. The third kappa shape index (κ3) is 30.0. The molecule has 0 saturated heterocycles. The van der Waals surface area contributed by atoms with E-state index in [1.165, 1.54) is 42.5 Å². The number of hydrogen-bond acceptors (Lipinski definition) is 11. The molecular weight excluding hydrogens is 1470 g/mol. The average Bonchev–Trinajstić information content (AvgIpc) is 1.09. The Morgan fingerprint density at radius 2 is 0.814 bits per heavy atom. The number of esters is 2. The summed E-state index contributed by atoms with van der Waals surface area (Å²) in [5.74, 6) is -2.16. The van der Waals surface area contributed by atoms with E-state index >= 15 is 0 Å². The number of phenolic OH excluding ortho intramolecular Hbond substituents is 1. The first-order chi connectivity index (χ1) is 42.6. The number of carbonyl (C=O) groups excluding carboxylic acids is 3. The number of halogens is 13. The average molecular weight is 1540 g/mol. The van der Waals surface area contributed by atoms with Crippen LogP contribution in [0.5, 0.6) is 17.2 Å². The molecule has 2 N–H and O–H groups in total. The van der Waals surface area contributed by atoms with Gasteiger partial charge in [-0.1, -0.05) is 130 Å². The van der Waals surface area contributed by atoms with Crippen molar-refractivity contribution in [3.63, 3.8) is 0 Å². The molecule has 6 aromatic carbocycles. The Hall–Kier alpha value is -5.61. The summed E-state index contributed by atoms with van der Waals surface area (Å²) in [6, 6.07) is 38.2. The van der Waals surface area contributed by atoms with E-state index < -0.39 is 70.2 Å². The first-order valence-electron chi connectivity index (χ1n) is 25.8. The molecule has 0 bridgehead atoms. The van der Waals surface area contributed by atoms with Crippen LogP contribution in [0.3, 0.4) is 0 Å². The maximum atomic E-state index is 13.1. The number of aromatic nitrogens is 3. The molecule has 9 rings (SSSR count). The molecule has 0 aliphatic carbocycles. The van der Waals surface area contributed by atoms with Gasteiger partial charge in [-0.05, 0) is 141 Å². The summed E-state index contributed by atoms with van der Waals surface area (Å²) in [7, 11) is 0. The SMILES string of the molecule is C.C.C.C.C.CCOC(=O)C(Br)c1cccc(C(F)(F)F)c1.CCOC(=O)C(Oc1ccc(Cl)cc1-n1cccc1)c1cccc(C(F)(F)F)c1.O=C(O)C(Oc1ccc(Cl)cc1-n1cccc1)c1cccc(C(F)(F)F)c1.O=CO[O-].Oc1ccc(Cl)cc1-n1cccc1.[H-].[K+].[K+]. The zero-order valence-electron chi connectivity index (χ0n) is 49.5. The molecule has 0 aliphatic rings. The molecule has 15 nitrogen and oxygen atoms in total. The molecule has 3 unspecified atom stereocenters. The van der Waals surface area contributed by atoms with E-state index in [9.17, 15) is 64.1 Å². The minimum absolute atomic E-state index is 0. The second-order valence-corrected chi connectivity index (χ2v) is 20.1. The van der Waals surface area contributed by atoms with Crippen LogP contribution in [0.25, 0.3) is 17.1 Å². The zero-order valence-corrected chi connectivity index (χ0v) is 58.6. The molecule has 3 aromatic heterocycles. The van der Waals surface area contributed by atoms with Gasteiger partial charge in [-0.3, -0.25) is 9.59 Å². The quantitative estimate of drug-likeness (QED) is 0.0177. The fraction of sp³-hybridized carbons (Fsp3) is 0.224. The van der Waals surface area contributed by atoms with Crippen LogP contribution in [0.15, 0.2) is 201 Å². The maximum Gasteiger partial charge on any atom is 1.00 e. The summed E-state index contributed by atoms with van der Waals surface area (Å²) in [5.41, 5.74) is -0.794. The van der Waals surface area contributed by atoms with Crippen LogP contribution in [0.2, 0.25) is 15.1 Å². The minimum atomic E-state index is -4.59. The van der Waals surface area contributed by atoms with Gasteiger partial charge in [0.15, 0.2) is 0 Å². The van der Waals surface area contributed by atoms with Gasteiger partial charge < -0.3 is 54.4 Å². The molecular formula is C67H70BrCl3F9K2N3O12. The monoisotopic (exact) mass is 1540 g/mol. The van der Waals surface area contributed by atoms with Gasteiger partial charge in [0.05, 0.1) is 47.0 Å². The predicted molar refractivity (Wildman–Crippen MR) is 350 cm³/mol. The normalized spacial score (nSPS) is 11.1. The van der Waals surface area contributed by atoms with Crippen LogP contribution < -0.4 is 118 Å². The van der Waals surface area contributed by atoms with Gasteiger partial charge in [0.2, 0.25) is 12.2 Å². The molecule has 9 aromatic rings. The van der Waals surface area contributed by atoms with Crippen molar-refractivity contribution in [2.45, 2.75) is 86.5 Å². The fourth-order valence-electron chi connectivity index (χ4n) is 7.74. The van der Waals surface area contributed by atoms with Crippen LogP contribution >= 0.6 is 50.7 Å².